The summed E-state index contributed by atoms with van der Waals surface area (Å²) in [5.74, 6) is 0.236. The van der Waals surface area contributed by atoms with Crippen LogP contribution in [-0.4, -0.2) is 41.4 Å². The molecule has 0 saturated carbocycles. The Bertz CT molecular complexity index is 686. The summed E-state index contributed by atoms with van der Waals surface area (Å²) in [7, 11) is 0. The number of amides is 1. The number of carbonyl (C=O) groups excluding carboxylic acids is 1. The first kappa shape index (κ1) is 17.1. The summed E-state index contributed by atoms with van der Waals surface area (Å²) in [6, 6.07) is 14.3. The smallest absolute Gasteiger partial charge is 0.289 e. The van der Waals surface area contributed by atoms with Gasteiger partial charge in [-0.25, -0.2) is 0 Å². The zero-order chi connectivity index (χ0) is 17.1. The lowest BCUT2D eigenvalue weighted by atomic mass is 10.1. The number of benzene rings is 1. The summed E-state index contributed by atoms with van der Waals surface area (Å²) in [5.41, 5.74) is 1.31. The molecule has 2 atom stereocenters. The summed E-state index contributed by atoms with van der Waals surface area (Å²) >= 11 is 5.80. The Hall–Kier alpha value is -1.78. The third-order valence-electron chi connectivity index (χ3n) is 4.85. The fraction of sp³-hybridized carbons (Fsp3) is 0.421. The van der Waals surface area contributed by atoms with E-state index in [1.807, 2.05) is 17.9 Å². The number of nitrogens with zero attached hydrogens (tertiary/aromatic N) is 2. The molecule has 5 heteroatoms. The molecule has 0 spiro atoms. The monoisotopic (exact) mass is 346 g/mol. The van der Waals surface area contributed by atoms with Gasteiger partial charge < -0.3 is 9.32 Å². The van der Waals surface area contributed by atoms with Gasteiger partial charge in [0, 0.05) is 31.7 Å². The predicted molar refractivity (Wildman–Crippen MR) is 95.3 cm³/mol. The van der Waals surface area contributed by atoms with Gasteiger partial charge in [0.15, 0.2) is 11.0 Å². The zero-order valence-corrected chi connectivity index (χ0v) is 14.9. The summed E-state index contributed by atoms with van der Waals surface area (Å²) < 4.78 is 5.29. The zero-order valence-electron chi connectivity index (χ0n) is 14.1. The minimum Gasteiger partial charge on any atom is -0.440 e. The van der Waals surface area contributed by atoms with Gasteiger partial charge in [-0.2, -0.15) is 0 Å². The molecule has 2 unspecified atom stereocenters. The largest absolute Gasteiger partial charge is 0.440 e. The maximum Gasteiger partial charge on any atom is 0.289 e. The van der Waals surface area contributed by atoms with Crippen LogP contribution in [0, 0.1) is 0 Å². The molecule has 1 aliphatic heterocycles. The lowest BCUT2D eigenvalue weighted by Gasteiger charge is -2.29. The first-order chi connectivity index (χ1) is 11.6. The van der Waals surface area contributed by atoms with Gasteiger partial charge in [-0.05, 0) is 49.6 Å². The number of halogens is 1. The van der Waals surface area contributed by atoms with E-state index in [4.69, 9.17) is 16.0 Å². The molecule has 1 aromatic carbocycles. The highest BCUT2D eigenvalue weighted by Gasteiger charge is 2.33. The Morgan fingerprint density at radius 1 is 1.33 bits per heavy atom. The molecule has 0 radical (unpaired) electrons. The van der Waals surface area contributed by atoms with E-state index in [1.165, 1.54) is 5.56 Å². The first-order valence-corrected chi connectivity index (χ1v) is 8.83. The normalized spacial score (nSPS) is 19.4. The number of carbonyl (C=O) groups is 1. The van der Waals surface area contributed by atoms with Crippen molar-refractivity contribution in [1.29, 1.82) is 0 Å². The van der Waals surface area contributed by atoms with Crippen molar-refractivity contribution < 1.29 is 9.21 Å². The molecule has 128 valence electrons. The van der Waals surface area contributed by atoms with Gasteiger partial charge in [0.2, 0.25) is 0 Å². The van der Waals surface area contributed by atoms with Gasteiger partial charge in [-0.15, -0.1) is 0 Å². The average Bonchev–Trinajstić information content (AvgIpc) is 3.25. The van der Waals surface area contributed by atoms with Crippen molar-refractivity contribution in [2.75, 3.05) is 19.6 Å². The van der Waals surface area contributed by atoms with Gasteiger partial charge in [0.25, 0.3) is 5.91 Å². The molecule has 24 heavy (non-hydrogen) atoms. The van der Waals surface area contributed by atoms with Crippen LogP contribution in [0.5, 0.6) is 0 Å². The fourth-order valence-corrected chi connectivity index (χ4v) is 3.60. The van der Waals surface area contributed by atoms with E-state index in [-0.39, 0.29) is 17.2 Å². The Morgan fingerprint density at radius 2 is 2.08 bits per heavy atom. The quantitative estimate of drug-likeness (QED) is 0.812. The van der Waals surface area contributed by atoms with Crippen molar-refractivity contribution in [3.63, 3.8) is 0 Å². The van der Waals surface area contributed by atoms with Crippen molar-refractivity contribution in [3.8, 4) is 0 Å². The maximum atomic E-state index is 12.7. The first-order valence-electron chi connectivity index (χ1n) is 8.45. The molecule has 2 heterocycles. The number of rotatable bonds is 5. The van der Waals surface area contributed by atoms with Gasteiger partial charge in [-0.1, -0.05) is 30.3 Å². The number of likely N-dealkylation sites (tertiary alicyclic amines) is 1. The van der Waals surface area contributed by atoms with Crippen LogP contribution in [0.15, 0.2) is 46.9 Å². The lowest BCUT2D eigenvalue weighted by Crippen LogP contribution is -2.42. The third-order valence-corrected chi connectivity index (χ3v) is 5.05. The molecule has 0 N–H and O–H groups in total. The Morgan fingerprint density at radius 3 is 2.71 bits per heavy atom. The summed E-state index contributed by atoms with van der Waals surface area (Å²) in [6.07, 6.45) is 0.977. The molecule has 1 saturated heterocycles. The van der Waals surface area contributed by atoms with E-state index >= 15 is 0 Å². The Kier molecular flexibility index (Phi) is 5.27. The maximum absolute atomic E-state index is 12.7. The molecular formula is C19H23ClN2O2. The molecule has 1 aliphatic rings. The predicted octanol–water partition coefficient (Wildman–Crippen LogP) is 4.23. The van der Waals surface area contributed by atoms with E-state index in [0.29, 0.717) is 18.3 Å². The lowest BCUT2D eigenvalue weighted by molar-refractivity contribution is 0.0657. The van der Waals surface area contributed by atoms with Gasteiger partial charge in [0.05, 0.1) is 0 Å². The number of hydrogen-bond acceptors (Lipinski definition) is 3. The van der Waals surface area contributed by atoms with Gasteiger partial charge >= 0.3 is 0 Å². The van der Waals surface area contributed by atoms with Gasteiger partial charge in [-0.3, -0.25) is 9.69 Å². The van der Waals surface area contributed by atoms with Crippen molar-refractivity contribution >= 4 is 17.5 Å². The molecule has 1 aromatic heterocycles. The van der Waals surface area contributed by atoms with E-state index in [2.05, 4.69) is 36.1 Å². The summed E-state index contributed by atoms with van der Waals surface area (Å²) in [4.78, 5) is 17.0. The van der Waals surface area contributed by atoms with Crippen LogP contribution in [0.4, 0.5) is 0 Å². The molecule has 1 amide bonds. The minimum absolute atomic E-state index is 0.0800. The number of likely N-dealkylation sites (N-methyl/N-ethyl adjacent to an activating group) is 1. The van der Waals surface area contributed by atoms with Crippen LogP contribution >= 0.6 is 11.6 Å². The van der Waals surface area contributed by atoms with Crippen LogP contribution in [0.2, 0.25) is 5.22 Å². The number of furan rings is 1. The molecular weight excluding hydrogens is 324 g/mol. The van der Waals surface area contributed by atoms with Crippen molar-refractivity contribution in [3.05, 3.63) is 59.0 Å². The molecule has 2 aromatic rings. The second-order valence-corrected chi connectivity index (χ2v) is 6.59. The van der Waals surface area contributed by atoms with E-state index in [1.54, 1.807) is 12.1 Å². The average molecular weight is 347 g/mol. The van der Waals surface area contributed by atoms with E-state index in [9.17, 15) is 4.79 Å². The van der Waals surface area contributed by atoms with Crippen molar-refractivity contribution in [2.45, 2.75) is 32.4 Å². The van der Waals surface area contributed by atoms with Crippen LogP contribution in [0.3, 0.4) is 0 Å². The molecule has 0 aliphatic carbocycles. The Balaban J connectivity index is 1.68. The highest BCUT2D eigenvalue weighted by atomic mass is 35.5. The second-order valence-electron chi connectivity index (χ2n) is 6.22. The number of hydrogen-bond donors (Lipinski definition) is 0. The topological polar surface area (TPSA) is 36.7 Å². The SMILES string of the molecule is CCN(C(=O)c1ccc(Cl)o1)C1CCN(C(C)c2ccccc2)C1. The van der Waals surface area contributed by atoms with E-state index in [0.717, 1.165) is 19.5 Å². The molecule has 1 fully saturated rings. The van der Waals surface area contributed by atoms with Crippen molar-refractivity contribution in [1.82, 2.24) is 9.80 Å². The second kappa shape index (κ2) is 7.41. The highest BCUT2D eigenvalue weighted by Crippen LogP contribution is 2.27. The van der Waals surface area contributed by atoms with Crippen LogP contribution in [0.25, 0.3) is 0 Å². The van der Waals surface area contributed by atoms with E-state index < -0.39 is 0 Å². The van der Waals surface area contributed by atoms with Crippen LogP contribution in [-0.2, 0) is 0 Å². The van der Waals surface area contributed by atoms with Crippen LogP contribution in [0.1, 0.15) is 42.4 Å². The Labute approximate surface area is 148 Å². The molecule has 0 bridgehead atoms. The minimum atomic E-state index is -0.0800. The van der Waals surface area contributed by atoms with Crippen LogP contribution < -0.4 is 0 Å². The fourth-order valence-electron chi connectivity index (χ4n) is 3.46. The highest BCUT2D eigenvalue weighted by molar-refractivity contribution is 6.29. The standard InChI is InChI=1S/C19H23ClN2O2/c1-3-22(19(23)17-9-10-18(20)24-17)16-11-12-21(13-16)14(2)15-7-5-4-6-8-15/h4-10,14,16H,3,11-13H2,1-2H3. The molecule has 4 nitrogen and oxygen atoms in total. The van der Waals surface area contributed by atoms with Crippen molar-refractivity contribution in [2.24, 2.45) is 0 Å². The van der Waals surface area contributed by atoms with Gasteiger partial charge in [0.1, 0.15) is 0 Å². The third kappa shape index (κ3) is 3.50. The summed E-state index contributed by atoms with van der Waals surface area (Å²) in [6.45, 7) is 6.76. The summed E-state index contributed by atoms with van der Waals surface area (Å²) in [5, 5.41) is 0.250. The molecule has 3 rings (SSSR count).